The number of hydrogen-bond donors (Lipinski definition) is 3. The molecular formula is C67H136N2O6P+. The molecule has 3 N–H and O–H groups in total. The number of quaternary nitrogens is 1. The largest absolute Gasteiger partial charge is 0.472 e. The number of phosphoric acid groups is 1. The molecule has 0 aliphatic carbocycles. The second kappa shape index (κ2) is 58.9. The van der Waals surface area contributed by atoms with Gasteiger partial charge in [0, 0.05) is 6.42 Å². The number of phosphoric ester groups is 1. The van der Waals surface area contributed by atoms with E-state index in [2.05, 4.69) is 31.3 Å². The summed E-state index contributed by atoms with van der Waals surface area (Å²) in [6.07, 6.45) is 74.5. The Balaban J connectivity index is 3.97. The van der Waals surface area contributed by atoms with E-state index >= 15 is 0 Å². The van der Waals surface area contributed by atoms with Crippen molar-refractivity contribution < 1.29 is 32.9 Å². The van der Waals surface area contributed by atoms with Crippen LogP contribution in [0, 0.1) is 0 Å². The summed E-state index contributed by atoms with van der Waals surface area (Å²) >= 11 is 0. The number of aliphatic hydroxyl groups is 1. The first-order valence-corrected chi connectivity index (χ1v) is 35.5. The van der Waals surface area contributed by atoms with Crippen molar-refractivity contribution in [3.05, 3.63) is 12.2 Å². The van der Waals surface area contributed by atoms with Gasteiger partial charge in [0.2, 0.25) is 5.91 Å². The van der Waals surface area contributed by atoms with E-state index in [-0.39, 0.29) is 19.1 Å². The topological polar surface area (TPSA) is 105 Å². The van der Waals surface area contributed by atoms with E-state index in [0.717, 1.165) is 38.5 Å². The number of unbranched alkanes of at least 4 members (excludes halogenated alkanes) is 49. The van der Waals surface area contributed by atoms with Crippen LogP contribution >= 0.6 is 7.82 Å². The second-order valence-electron chi connectivity index (χ2n) is 24.9. The summed E-state index contributed by atoms with van der Waals surface area (Å²) in [4.78, 5) is 23.4. The maximum Gasteiger partial charge on any atom is 0.472 e. The number of rotatable bonds is 64. The van der Waals surface area contributed by atoms with Crippen molar-refractivity contribution in [2.24, 2.45) is 0 Å². The lowest BCUT2D eigenvalue weighted by atomic mass is 10.0. The smallest absolute Gasteiger partial charge is 0.391 e. The van der Waals surface area contributed by atoms with Crippen molar-refractivity contribution in [1.29, 1.82) is 0 Å². The van der Waals surface area contributed by atoms with Gasteiger partial charge in [-0.25, -0.2) is 4.57 Å². The standard InChI is InChI=1S/C67H135N2O6P/c1-6-8-10-12-14-16-18-20-22-24-26-28-29-30-31-32-33-34-35-36-37-38-39-41-43-45-47-49-51-53-55-57-59-61-67(71)68-65(64-75-76(72,73)74-63-62-69(3,4)5)66(70)60-58-56-54-52-50-48-46-44-42-40-27-25-23-21-19-17-15-13-11-9-7-2/h24,26,65-66,70H,6-23,25,27-64H2,1-5H3,(H-,68,71,72,73)/p+1/b26-24-. The highest BCUT2D eigenvalue weighted by atomic mass is 31.2. The van der Waals surface area contributed by atoms with E-state index in [1.165, 1.54) is 295 Å². The number of carbonyl (C=O) groups excluding carboxylic acids is 1. The normalized spacial score (nSPS) is 13.7. The van der Waals surface area contributed by atoms with Gasteiger partial charge in [0.25, 0.3) is 0 Å². The lowest BCUT2D eigenvalue weighted by Gasteiger charge is -2.26. The Morgan fingerprint density at radius 3 is 1.01 bits per heavy atom. The highest BCUT2D eigenvalue weighted by Gasteiger charge is 2.28. The number of nitrogens with one attached hydrogen (secondary N) is 1. The summed E-state index contributed by atoms with van der Waals surface area (Å²) < 4.78 is 23.9. The SMILES string of the molecule is CCCCCCCCCC/C=C\CCCCCCCCCCCCCCCCCCCCCCCC(=O)NC(COP(=O)(O)OCC[N+](C)(C)C)C(O)CCCCCCCCCCCCCCCCCCCCCCC. The molecule has 76 heavy (non-hydrogen) atoms. The van der Waals surface area contributed by atoms with Crippen LogP contribution in [0.15, 0.2) is 12.2 Å². The zero-order valence-corrected chi connectivity index (χ0v) is 52.9. The van der Waals surface area contributed by atoms with Crippen LogP contribution in [-0.4, -0.2) is 73.4 Å². The minimum absolute atomic E-state index is 0.0784. The van der Waals surface area contributed by atoms with Crippen LogP contribution in [0.2, 0.25) is 0 Å². The Kier molecular flexibility index (Phi) is 58.3. The van der Waals surface area contributed by atoms with Crippen LogP contribution in [0.25, 0.3) is 0 Å². The third-order valence-electron chi connectivity index (χ3n) is 16.0. The zero-order chi connectivity index (χ0) is 55.6. The van der Waals surface area contributed by atoms with Gasteiger partial charge in [-0.2, -0.15) is 0 Å². The molecule has 0 aromatic carbocycles. The monoisotopic (exact) mass is 1100 g/mol. The van der Waals surface area contributed by atoms with Crippen LogP contribution in [0.5, 0.6) is 0 Å². The second-order valence-corrected chi connectivity index (χ2v) is 26.4. The molecule has 0 saturated heterocycles. The van der Waals surface area contributed by atoms with Crippen molar-refractivity contribution in [2.75, 3.05) is 40.9 Å². The molecule has 0 aromatic heterocycles. The van der Waals surface area contributed by atoms with Gasteiger partial charge in [-0.05, 0) is 38.5 Å². The minimum atomic E-state index is -4.32. The van der Waals surface area contributed by atoms with Crippen molar-refractivity contribution in [3.8, 4) is 0 Å². The van der Waals surface area contributed by atoms with E-state index in [1.807, 2.05) is 21.1 Å². The molecule has 0 spiro atoms. The minimum Gasteiger partial charge on any atom is -0.391 e. The average molecular weight is 1100 g/mol. The number of aliphatic hydroxyl groups excluding tert-OH is 1. The molecule has 1 amide bonds. The van der Waals surface area contributed by atoms with Gasteiger partial charge in [0.05, 0.1) is 39.9 Å². The Morgan fingerprint density at radius 2 is 0.711 bits per heavy atom. The number of allylic oxidation sites excluding steroid dienone is 2. The predicted octanol–water partition coefficient (Wildman–Crippen LogP) is 21.3. The quantitative estimate of drug-likeness (QED) is 0.0243. The average Bonchev–Trinajstić information content (AvgIpc) is 3.38. The summed E-state index contributed by atoms with van der Waals surface area (Å²) in [5.41, 5.74) is 0. The molecule has 0 aromatic rings. The number of amides is 1. The fourth-order valence-corrected chi connectivity index (χ4v) is 11.4. The molecule has 9 heteroatoms. The van der Waals surface area contributed by atoms with Gasteiger partial charge in [0.1, 0.15) is 13.2 Å². The Morgan fingerprint density at radius 1 is 0.434 bits per heavy atom. The molecule has 0 bridgehead atoms. The van der Waals surface area contributed by atoms with Gasteiger partial charge >= 0.3 is 7.82 Å². The maximum absolute atomic E-state index is 13.1. The molecule has 0 fully saturated rings. The number of likely N-dealkylation sites (N-methyl/N-ethyl adjacent to an activating group) is 1. The first-order valence-electron chi connectivity index (χ1n) is 34.1. The predicted molar refractivity (Wildman–Crippen MR) is 332 cm³/mol. The van der Waals surface area contributed by atoms with Gasteiger partial charge < -0.3 is 19.8 Å². The van der Waals surface area contributed by atoms with Crippen molar-refractivity contribution in [3.63, 3.8) is 0 Å². The van der Waals surface area contributed by atoms with Crippen LogP contribution in [0.1, 0.15) is 361 Å². The van der Waals surface area contributed by atoms with Crippen LogP contribution in [-0.2, 0) is 18.4 Å². The van der Waals surface area contributed by atoms with Crippen LogP contribution in [0.4, 0.5) is 0 Å². The molecule has 3 unspecified atom stereocenters. The fourth-order valence-electron chi connectivity index (χ4n) is 10.7. The number of hydrogen-bond acceptors (Lipinski definition) is 5. The van der Waals surface area contributed by atoms with Crippen molar-refractivity contribution >= 4 is 13.7 Å². The van der Waals surface area contributed by atoms with E-state index < -0.39 is 20.0 Å². The first-order chi connectivity index (χ1) is 37.0. The molecule has 0 aliphatic heterocycles. The highest BCUT2D eigenvalue weighted by Crippen LogP contribution is 2.43. The van der Waals surface area contributed by atoms with Crippen molar-refractivity contribution in [1.82, 2.24) is 5.32 Å². The lowest BCUT2D eigenvalue weighted by Crippen LogP contribution is -2.46. The summed E-state index contributed by atoms with van der Waals surface area (Å²) in [6.45, 7) is 4.95. The Hall–Kier alpha value is -0.760. The molecule has 0 rings (SSSR count). The number of carbonyl (C=O) groups is 1. The molecule has 0 saturated carbocycles. The summed E-state index contributed by atoms with van der Waals surface area (Å²) in [7, 11) is 1.64. The van der Waals surface area contributed by atoms with Gasteiger partial charge in [0.15, 0.2) is 0 Å². The Labute approximate surface area is 475 Å². The van der Waals surface area contributed by atoms with Crippen LogP contribution < -0.4 is 5.32 Å². The van der Waals surface area contributed by atoms with E-state index in [4.69, 9.17) is 9.05 Å². The van der Waals surface area contributed by atoms with E-state index in [0.29, 0.717) is 23.9 Å². The van der Waals surface area contributed by atoms with Gasteiger partial charge in [-0.3, -0.25) is 13.8 Å². The fraction of sp³-hybridized carbons (Fsp3) is 0.955. The molecule has 8 nitrogen and oxygen atoms in total. The van der Waals surface area contributed by atoms with Gasteiger partial charge in [-0.15, -0.1) is 0 Å². The van der Waals surface area contributed by atoms with Crippen molar-refractivity contribution in [2.45, 2.75) is 373 Å². The van der Waals surface area contributed by atoms with Crippen LogP contribution in [0.3, 0.4) is 0 Å². The molecular weight excluding hydrogens is 960 g/mol. The third-order valence-corrected chi connectivity index (χ3v) is 17.0. The highest BCUT2D eigenvalue weighted by molar-refractivity contribution is 7.47. The van der Waals surface area contributed by atoms with E-state index in [9.17, 15) is 19.4 Å². The first kappa shape index (κ1) is 75.2. The molecule has 0 heterocycles. The van der Waals surface area contributed by atoms with E-state index in [1.54, 1.807) is 0 Å². The summed E-state index contributed by atoms with van der Waals surface area (Å²) in [5, 5.41) is 14.1. The molecule has 3 atom stereocenters. The third kappa shape index (κ3) is 60.9. The lowest BCUT2D eigenvalue weighted by molar-refractivity contribution is -0.870. The molecule has 454 valence electrons. The Bertz CT molecular complexity index is 1240. The summed E-state index contributed by atoms with van der Waals surface area (Å²) in [6, 6.07) is -0.758. The summed E-state index contributed by atoms with van der Waals surface area (Å²) in [5.74, 6) is -0.135. The maximum atomic E-state index is 13.1. The van der Waals surface area contributed by atoms with Gasteiger partial charge in [-0.1, -0.05) is 328 Å². The molecule has 0 radical (unpaired) electrons. The number of nitrogens with zero attached hydrogens (tertiary/aromatic N) is 1. The molecule has 0 aliphatic rings. The zero-order valence-electron chi connectivity index (χ0n) is 52.0.